The Balaban J connectivity index is 2.12. The maximum atomic E-state index is 9.33. The first-order chi connectivity index (χ1) is 11.4. The second kappa shape index (κ2) is 8.46. The van der Waals surface area contributed by atoms with Crippen molar-refractivity contribution in [3.8, 4) is 11.5 Å². The molecule has 130 valence electrons. The molecule has 2 aromatic rings. The molecule has 0 atom stereocenters. The third-order valence-corrected chi connectivity index (χ3v) is 4.15. The Kier molecular flexibility index (Phi) is 6.60. The fourth-order valence-corrected chi connectivity index (χ4v) is 2.66. The Hall–Kier alpha value is -1.63. The first kappa shape index (κ1) is 18.7. The number of benzene rings is 1. The van der Waals surface area contributed by atoms with E-state index in [1.165, 1.54) is 0 Å². The molecule has 1 aromatic heterocycles. The number of hydrogen-bond acceptors (Lipinski definition) is 5. The van der Waals surface area contributed by atoms with Gasteiger partial charge in [0.2, 0.25) is 0 Å². The molecule has 1 heterocycles. The molecule has 0 aliphatic rings. The van der Waals surface area contributed by atoms with Gasteiger partial charge < -0.3 is 19.9 Å². The van der Waals surface area contributed by atoms with E-state index in [-0.39, 0.29) is 12.1 Å². The van der Waals surface area contributed by atoms with Crippen molar-refractivity contribution in [3.05, 3.63) is 52.3 Å². The number of hydrogen-bond donors (Lipinski definition) is 2. The topological polar surface area (TPSA) is 63.6 Å². The molecule has 2 rings (SSSR count). The molecule has 0 spiro atoms. The number of ether oxygens (including phenoxy) is 2. The molecule has 0 saturated carbocycles. The van der Waals surface area contributed by atoms with Crippen LogP contribution in [0.15, 0.2) is 41.1 Å². The number of aliphatic hydroxyl groups is 1. The minimum atomic E-state index is -0.338. The largest absolute Gasteiger partial charge is 0.493 e. The molecule has 0 amide bonds. The average molecular weight is 395 g/mol. The Morgan fingerprint density at radius 2 is 2.08 bits per heavy atom. The van der Waals surface area contributed by atoms with Crippen LogP contribution in [0.2, 0.25) is 0 Å². The van der Waals surface area contributed by atoms with Gasteiger partial charge in [0, 0.05) is 30.0 Å². The zero-order chi connectivity index (χ0) is 17.6. The second-order valence-electron chi connectivity index (χ2n) is 6.15. The van der Waals surface area contributed by atoms with E-state index in [0.29, 0.717) is 24.7 Å². The van der Waals surface area contributed by atoms with Gasteiger partial charge in [0.15, 0.2) is 11.5 Å². The van der Waals surface area contributed by atoms with E-state index in [0.717, 1.165) is 15.6 Å². The number of halogens is 1. The molecule has 6 heteroatoms. The molecule has 0 aliphatic carbocycles. The summed E-state index contributed by atoms with van der Waals surface area (Å²) in [6.45, 7) is 5.00. The van der Waals surface area contributed by atoms with Crippen molar-refractivity contribution in [2.45, 2.75) is 32.5 Å². The van der Waals surface area contributed by atoms with Crippen LogP contribution in [0.5, 0.6) is 11.5 Å². The summed E-state index contributed by atoms with van der Waals surface area (Å²) in [4.78, 5) is 4.08. The highest BCUT2D eigenvalue weighted by atomic mass is 79.9. The summed E-state index contributed by atoms with van der Waals surface area (Å²) in [7, 11) is 1.62. The highest BCUT2D eigenvalue weighted by Gasteiger charge is 2.17. The number of rotatable bonds is 8. The summed E-state index contributed by atoms with van der Waals surface area (Å²) in [5.74, 6) is 1.32. The molecule has 0 radical (unpaired) electrons. The Bertz CT molecular complexity index is 663. The summed E-state index contributed by atoms with van der Waals surface area (Å²) in [5.41, 5.74) is 1.69. The Morgan fingerprint density at radius 1 is 1.29 bits per heavy atom. The van der Waals surface area contributed by atoms with Crippen molar-refractivity contribution in [2.24, 2.45) is 0 Å². The zero-order valence-corrected chi connectivity index (χ0v) is 15.8. The van der Waals surface area contributed by atoms with E-state index in [1.54, 1.807) is 19.5 Å². The van der Waals surface area contributed by atoms with Crippen LogP contribution in [-0.2, 0) is 13.2 Å². The molecule has 0 unspecified atom stereocenters. The Labute approximate surface area is 151 Å². The van der Waals surface area contributed by atoms with Crippen LogP contribution < -0.4 is 14.8 Å². The van der Waals surface area contributed by atoms with Crippen LogP contribution in [0.3, 0.4) is 0 Å². The Morgan fingerprint density at radius 3 is 2.71 bits per heavy atom. The van der Waals surface area contributed by atoms with Crippen molar-refractivity contribution >= 4 is 15.9 Å². The van der Waals surface area contributed by atoms with Crippen LogP contribution in [0.4, 0.5) is 0 Å². The smallest absolute Gasteiger partial charge is 0.175 e. The van der Waals surface area contributed by atoms with Crippen LogP contribution in [0, 0.1) is 0 Å². The molecule has 0 fully saturated rings. The summed E-state index contributed by atoms with van der Waals surface area (Å²) in [5, 5.41) is 12.6. The number of nitrogens with one attached hydrogen (secondary N) is 1. The van der Waals surface area contributed by atoms with Crippen molar-refractivity contribution in [2.75, 3.05) is 13.7 Å². The number of pyridine rings is 1. The monoisotopic (exact) mass is 394 g/mol. The number of aromatic nitrogens is 1. The second-order valence-corrected chi connectivity index (χ2v) is 7.01. The predicted molar refractivity (Wildman–Crippen MR) is 97.3 cm³/mol. The van der Waals surface area contributed by atoms with E-state index >= 15 is 0 Å². The highest BCUT2D eigenvalue weighted by molar-refractivity contribution is 9.10. The summed E-state index contributed by atoms with van der Waals surface area (Å²) < 4.78 is 12.2. The SMILES string of the molecule is COc1cc(CNC(C)(C)CO)cc(Br)c1OCc1cccnc1. The first-order valence-corrected chi connectivity index (χ1v) is 8.48. The van der Waals surface area contributed by atoms with Gasteiger partial charge in [-0.05, 0) is 53.5 Å². The predicted octanol–water partition coefficient (Wildman–Crippen LogP) is 3.29. The van der Waals surface area contributed by atoms with E-state index in [4.69, 9.17) is 9.47 Å². The third-order valence-electron chi connectivity index (χ3n) is 3.56. The van der Waals surface area contributed by atoms with Crippen molar-refractivity contribution in [3.63, 3.8) is 0 Å². The molecule has 24 heavy (non-hydrogen) atoms. The zero-order valence-electron chi connectivity index (χ0n) is 14.2. The maximum Gasteiger partial charge on any atom is 0.175 e. The molecule has 0 saturated heterocycles. The number of nitrogens with zero attached hydrogens (tertiary/aromatic N) is 1. The van der Waals surface area contributed by atoms with E-state index in [1.807, 2.05) is 38.1 Å². The van der Waals surface area contributed by atoms with Gasteiger partial charge in [0.25, 0.3) is 0 Å². The number of aliphatic hydroxyl groups excluding tert-OH is 1. The quantitative estimate of drug-likeness (QED) is 0.718. The van der Waals surface area contributed by atoms with Crippen LogP contribution in [0.25, 0.3) is 0 Å². The van der Waals surface area contributed by atoms with Crippen molar-refractivity contribution in [1.29, 1.82) is 0 Å². The van der Waals surface area contributed by atoms with Crippen LogP contribution in [0.1, 0.15) is 25.0 Å². The van der Waals surface area contributed by atoms with Crippen molar-refractivity contribution < 1.29 is 14.6 Å². The van der Waals surface area contributed by atoms with Gasteiger partial charge in [-0.2, -0.15) is 0 Å². The van der Waals surface area contributed by atoms with E-state index in [9.17, 15) is 5.11 Å². The lowest BCUT2D eigenvalue weighted by Crippen LogP contribution is -2.42. The van der Waals surface area contributed by atoms with Gasteiger partial charge in [-0.1, -0.05) is 6.07 Å². The number of methoxy groups -OCH3 is 1. The van der Waals surface area contributed by atoms with Gasteiger partial charge in [0.1, 0.15) is 6.61 Å². The fourth-order valence-electron chi connectivity index (χ4n) is 2.05. The minimum absolute atomic E-state index is 0.0671. The molecule has 0 aliphatic heterocycles. The average Bonchev–Trinajstić information content (AvgIpc) is 2.59. The van der Waals surface area contributed by atoms with Crippen LogP contribution in [-0.4, -0.2) is 29.3 Å². The standard InChI is InChI=1S/C18H23BrN2O3/c1-18(2,12-22)21-10-14-7-15(19)17(16(8-14)23-3)24-11-13-5-4-6-20-9-13/h4-9,21-22H,10-12H2,1-3H3. The normalized spacial score (nSPS) is 11.4. The molecule has 5 nitrogen and oxygen atoms in total. The van der Waals surface area contributed by atoms with Crippen molar-refractivity contribution in [1.82, 2.24) is 10.3 Å². The summed E-state index contributed by atoms with van der Waals surface area (Å²) in [6.07, 6.45) is 3.51. The third kappa shape index (κ3) is 5.19. The first-order valence-electron chi connectivity index (χ1n) is 7.69. The van der Waals surface area contributed by atoms with Gasteiger partial charge >= 0.3 is 0 Å². The van der Waals surface area contributed by atoms with Gasteiger partial charge in [-0.15, -0.1) is 0 Å². The fraction of sp³-hybridized carbons (Fsp3) is 0.389. The summed E-state index contributed by atoms with van der Waals surface area (Å²) >= 11 is 3.55. The molecule has 1 aromatic carbocycles. The lowest BCUT2D eigenvalue weighted by atomic mass is 10.1. The molecule has 2 N–H and O–H groups in total. The summed E-state index contributed by atoms with van der Waals surface area (Å²) in [6, 6.07) is 7.76. The maximum absolute atomic E-state index is 9.33. The van der Waals surface area contributed by atoms with Gasteiger partial charge in [-0.3, -0.25) is 4.98 Å². The van der Waals surface area contributed by atoms with Crippen LogP contribution >= 0.6 is 15.9 Å². The highest BCUT2D eigenvalue weighted by Crippen LogP contribution is 2.37. The molecular weight excluding hydrogens is 372 g/mol. The molecule has 0 bridgehead atoms. The minimum Gasteiger partial charge on any atom is -0.493 e. The molecular formula is C18H23BrN2O3. The van der Waals surface area contributed by atoms with E-state index < -0.39 is 0 Å². The lowest BCUT2D eigenvalue weighted by Gasteiger charge is -2.24. The van der Waals surface area contributed by atoms with E-state index in [2.05, 4.69) is 26.2 Å². The van der Waals surface area contributed by atoms with Gasteiger partial charge in [0.05, 0.1) is 18.2 Å². The van der Waals surface area contributed by atoms with Gasteiger partial charge in [-0.25, -0.2) is 0 Å². The lowest BCUT2D eigenvalue weighted by molar-refractivity contribution is 0.187.